The highest BCUT2D eigenvalue weighted by atomic mass is 14.6. The van der Waals surface area contributed by atoms with E-state index in [0.29, 0.717) is 5.41 Å². The molecular formula is C14H20N. The molecule has 4 bridgehead atoms. The minimum atomic E-state index is 0.0708. The molecule has 0 N–H and O–H groups in total. The molecule has 0 heterocycles. The van der Waals surface area contributed by atoms with Gasteiger partial charge < -0.3 is 0 Å². The predicted octanol–water partition coefficient (Wildman–Crippen LogP) is 3.71. The largest absolute Gasteiger partial charge is 0.198 e. The molecule has 0 aromatic carbocycles. The monoisotopic (exact) mass is 202 g/mol. The SMILES string of the molecule is C[C](C)C12CC3CC(CC(C#N)(C3)C1)C2. The van der Waals surface area contributed by atoms with Crippen LogP contribution in [0.25, 0.3) is 0 Å². The number of nitrogens with zero attached hydrogens (tertiary/aromatic N) is 1. The second-order valence-electron chi connectivity index (χ2n) is 6.63. The topological polar surface area (TPSA) is 23.8 Å². The van der Waals surface area contributed by atoms with Crippen LogP contribution in [0.4, 0.5) is 0 Å². The van der Waals surface area contributed by atoms with Crippen LogP contribution in [0.5, 0.6) is 0 Å². The summed E-state index contributed by atoms with van der Waals surface area (Å²) in [7, 11) is 0. The zero-order valence-electron chi connectivity index (χ0n) is 9.84. The van der Waals surface area contributed by atoms with Crippen LogP contribution in [-0.2, 0) is 0 Å². The predicted molar refractivity (Wildman–Crippen MR) is 59.8 cm³/mol. The van der Waals surface area contributed by atoms with Gasteiger partial charge >= 0.3 is 0 Å². The first-order valence-corrected chi connectivity index (χ1v) is 6.29. The van der Waals surface area contributed by atoms with Gasteiger partial charge in [0, 0.05) is 0 Å². The molecule has 0 aromatic heterocycles. The van der Waals surface area contributed by atoms with E-state index in [0.717, 1.165) is 11.8 Å². The fourth-order valence-electron chi connectivity index (χ4n) is 4.98. The van der Waals surface area contributed by atoms with Gasteiger partial charge in [-0.15, -0.1) is 0 Å². The molecule has 4 fully saturated rings. The van der Waals surface area contributed by atoms with E-state index in [1.807, 2.05) is 0 Å². The number of nitriles is 1. The fourth-order valence-corrected chi connectivity index (χ4v) is 4.98. The van der Waals surface area contributed by atoms with E-state index >= 15 is 0 Å². The van der Waals surface area contributed by atoms with Crippen LogP contribution < -0.4 is 0 Å². The van der Waals surface area contributed by atoms with Crippen LogP contribution in [0.15, 0.2) is 0 Å². The number of hydrogen-bond acceptors (Lipinski definition) is 1. The summed E-state index contributed by atoms with van der Waals surface area (Å²) >= 11 is 0. The summed E-state index contributed by atoms with van der Waals surface area (Å²) in [5, 5.41) is 9.47. The minimum absolute atomic E-state index is 0.0708. The lowest BCUT2D eigenvalue weighted by molar-refractivity contribution is -0.0748. The zero-order valence-corrected chi connectivity index (χ0v) is 9.84. The van der Waals surface area contributed by atoms with E-state index in [9.17, 15) is 5.26 Å². The second kappa shape index (κ2) is 2.78. The van der Waals surface area contributed by atoms with Gasteiger partial charge in [0.15, 0.2) is 0 Å². The van der Waals surface area contributed by atoms with Gasteiger partial charge in [-0.25, -0.2) is 0 Å². The van der Waals surface area contributed by atoms with Crippen LogP contribution in [0.1, 0.15) is 52.4 Å². The van der Waals surface area contributed by atoms with Crippen molar-refractivity contribution in [2.24, 2.45) is 22.7 Å². The standard InChI is InChI=1S/C14H20N/c1-10(2)14-6-11-3-12(7-14)5-13(4-11,8-14)9-15/h11-12H,3-8H2,1-2H3. The van der Waals surface area contributed by atoms with Crippen molar-refractivity contribution < 1.29 is 0 Å². The normalized spacial score (nSPS) is 52.1. The van der Waals surface area contributed by atoms with Crippen LogP contribution in [0, 0.1) is 39.9 Å². The average molecular weight is 202 g/mol. The van der Waals surface area contributed by atoms with Crippen molar-refractivity contribution >= 4 is 0 Å². The van der Waals surface area contributed by atoms with Crippen molar-refractivity contribution in [3.05, 3.63) is 5.92 Å². The molecule has 2 unspecified atom stereocenters. The molecule has 2 atom stereocenters. The lowest BCUT2D eigenvalue weighted by Gasteiger charge is -2.61. The van der Waals surface area contributed by atoms with Crippen molar-refractivity contribution in [3.8, 4) is 6.07 Å². The third-order valence-electron chi connectivity index (χ3n) is 5.36. The molecule has 1 nitrogen and oxygen atoms in total. The Morgan fingerprint density at radius 3 is 2.20 bits per heavy atom. The smallest absolute Gasteiger partial charge is 0.0690 e. The highest BCUT2D eigenvalue weighted by Crippen LogP contribution is 2.67. The summed E-state index contributed by atoms with van der Waals surface area (Å²) in [4.78, 5) is 0. The van der Waals surface area contributed by atoms with E-state index in [1.54, 1.807) is 5.92 Å². The quantitative estimate of drug-likeness (QED) is 0.636. The maximum atomic E-state index is 9.47. The summed E-state index contributed by atoms with van der Waals surface area (Å²) in [5.74, 6) is 3.32. The molecule has 0 aliphatic heterocycles. The Morgan fingerprint density at radius 1 is 1.13 bits per heavy atom. The second-order valence-corrected chi connectivity index (χ2v) is 6.63. The van der Waals surface area contributed by atoms with Gasteiger partial charge in [-0.3, -0.25) is 0 Å². The van der Waals surface area contributed by atoms with Crippen LogP contribution in [0.2, 0.25) is 0 Å². The first-order valence-electron chi connectivity index (χ1n) is 6.29. The summed E-state index contributed by atoms with van der Waals surface area (Å²) < 4.78 is 0. The Hall–Kier alpha value is -0.510. The Balaban J connectivity index is 2.00. The maximum Gasteiger partial charge on any atom is 0.0690 e. The van der Waals surface area contributed by atoms with Gasteiger partial charge in [-0.05, 0) is 61.7 Å². The summed E-state index contributed by atoms with van der Waals surface area (Å²) in [6.45, 7) is 4.58. The summed E-state index contributed by atoms with van der Waals surface area (Å²) in [6.07, 6.45) is 7.76. The van der Waals surface area contributed by atoms with Gasteiger partial charge in [-0.1, -0.05) is 13.8 Å². The Morgan fingerprint density at radius 2 is 1.73 bits per heavy atom. The van der Waals surface area contributed by atoms with Gasteiger partial charge in [-0.2, -0.15) is 5.26 Å². The molecular weight excluding hydrogens is 182 g/mol. The Labute approximate surface area is 92.9 Å². The van der Waals surface area contributed by atoms with Gasteiger partial charge in [0.25, 0.3) is 0 Å². The highest BCUT2D eigenvalue weighted by molar-refractivity contribution is 5.20. The molecule has 0 saturated heterocycles. The van der Waals surface area contributed by atoms with Crippen molar-refractivity contribution in [1.82, 2.24) is 0 Å². The molecule has 0 amide bonds. The molecule has 4 aliphatic carbocycles. The van der Waals surface area contributed by atoms with E-state index in [2.05, 4.69) is 19.9 Å². The first kappa shape index (κ1) is 9.70. The lowest BCUT2D eigenvalue weighted by atomic mass is 9.42. The molecule has 81 valence electrons. The van der Waals surface area contributed by atoms with Gasteiger partial charge in [0.1, 0.15) is 0 Å². The molecule has 0 aromatic rings. The van der Waals surface area contributed by atoms with Crippen molar-refractivity contribution in [3.63, 3.8) is 0 Å². The Bertz CT molecular complexity index is 309. The molecule has 4 rings (SSSR count). The molecule has 1 heteroatoms. The van der Waals surface area contributed by atoms with E-state index in [-0.39, 0.29) is 5.41 Å². The molecule has 4 saturated carbocycles. The molecule has 1 radical (unpaired) electrons. The molecule has 15 heavy (non-hydrogen) atoms. The Kier molecular flexibility index (Phi) is 1.80. The highest BCUT2D eigenvalue weighted by Gasteiger charge is 2.58. The van der Waals surface area contributed by atoms with Gasteiger partial charge in [0.2, 0.25) is 0 Å². The number of rotatable bonds is 1. The van der Waals surface area contributed by atoms with Crippen molar-refractivity contribution in [2.45, 2.75) is 52.4 Å². The first-order chi connectivity index (χ1) is 7.07. The van der Waals surface area contributed by atoms with E-state index in [4.69, 9.17) is 0 Å². The van der Waals surface area contributed by atoms with Crippen molar-refractivity contribution in [2.75, 3.05) is 0 Å². The van der Waals surface area contributed by atoms with E-state index in [1.165, 1.54) is 38.5 Å². The van der Waals surface area contributed by atoms with Gasteiger partial charge in [0.05, 0.1) is 11.5 Å². The summed E-state index contributed by atoms with van der Waals surface area (Å²) in [6, 6.07) is 2.68. The molecule has 4 aliphatic rings. The average Bonchev–Trinajstić information content (AvgIpc) is 2.15. The van der Waals surface area contributed by atoms with Crippen LogP contribution in [0.3, 0.4) is 0 Å². The van der Waals surface area contributed by atoms with Crippen LogP contribution >= 0.6 is 0 Å². The third-order valence-corrected chi connectivity index (χ3v) is 5.36. The third kappa shape index (κ3) is 1.20. The summed E-state index contributed by atoms with van der Waals surface area (Å²) in [5.41, 5.74) is 0.529. The van der Waals surface area contributed by atoms with Crippen LogP contribution in [-0.4, -0.2) is 0 Å². The zero-order chi connectivity index (χ0) is 10.7. The number of hydrogen-bond donors (Lipinski definition) is 0. The van der Waals surface area contributed by atoms with E-state index < -0.39 is 0 Å². The maximum absolute atomic E-state index is 9.47. The fraction of sp³-hybridized carbons (Fsp3) is 0.857. The molecule has 0 spiro atoms. The lowest BCUT2D eigenvalue weighted by Crippen LogP contribution is -2.52. The van der Waals surface area contributed by atoms with Crippen molar-refractivity contribution in [1.29, 1.82) is 5.26 Å². The minimum Gasteiger partial charge on any atom is -0.198 e.